The number of ether oxygens (including phenoxy) is 1. The topological polar surface area (TPSA) is 69.2 Å². The highest BCUT2D eigenvalue weighted by Gasteiger charge is 2.34. The maximum Gasteiger partial charge on any atom is 0.323 e. The lowest BCUT2D eigenvalue weighted by atomic mass is 9.98. The van der Waals surface area contributed by atoms with Crippen molar-refractivity contribution >= 4 is 11.8 Å². The lowest BCUT2D eigenvalue weighted by Crippen LogP contribution is -2.32. The normalized spacial score (nSPS) is 16.4. The molecule has 0 aromatic carbocycles. The van der Waals surface area contributed by atoms with E-state index in [0.717, 1.165) is 0 Å². The van der Waals surface area contributed by atoms with Gasteiger partial charge in [-0.2, -0.15) is 5.10 Å². The summed E-state index contributed by atoms with van der Waals surface area (Å²) in [5.74, 6) is -1.55. The Morgan fingerprint density at radius 3 is 2.22 bits per heavy atom. The van der Waals surface area contributed by atoms with Gasteiger partial charge in [0.05, 0.1) is 11.3 Å². The number of ketones is 1. The van der Waals surface area contributed by atoms with E-state index in [1.165, 1.54) is 6.92 Å². The van der Waals surface area contributed by atoms with Crippen LogP contribution in [0.2, 0.25) is 0 Å². The van der Waals surface area contributed by atoms with Gasteiger partial charge in [-0.05, 0) is 19.9 Å². The molecule has 18 heavy (non-hydrogen) atoms. The second-order valence-corrected chi connectivity index (χ2v) is 3.21. The van der Waals surface area contributed by atoms with Crippen LogP contribution in [0.1, 0.15) is 50.7 Å². The molecule has 0 bridgehead atoms. The van der Waals surface area contributed by atoms with Crippen LogP contribution >= 0.6 is 0 Å². The van der Waals surface area contributed by atoms with Crippen molar-refractivity contribution in [2.45, 2.75) is 41.5 Å². The zero-order chi connectivity index (χ0) is 14.3. The molecule has 0 radical (unpaired) electrons. The molecular formula is C13H20N2O3. The monoisotopic (exact) mass is 252 g/mol. The SMILES string of the molecule is CC.CC.Cc1cc2c(nn1)OC(=O)C(C)C2=O. The number of hydrogen-bond acceptors (Lipinski definition) is 5. The first kappa shape index (κ1) is 16.2. The minimum absolute atomic E-state index is 0.0173. The van der Waals surface area contributed by atoms with Crippen molar-refractivity contribution in [3.8, 4) is 5.88 Å². The number of carbonyl (C=O) groups is 2. The summed E-state index contributed by atoms with van der Waals surface area (Å²) in [6.45, 7) is 11.2. The summed E-state index contributed by atoms with van der Waals surface area (Å²) < 4.78 is 4.84. The van der Waals surface area contributed by atoms with Gasteiger partial charge in [-0.15, -0.1) is 5.10 Å². The Kier molecular flexibility index (Phi) is 6.78. The first-order valence-corrected chi connectivity index (χ1v) is 6.20. The Bertz CT molecular complexity index is 430. The van der Waals surface area contributed by atoms with Gasteiger partial charge in [-0.25, -0.2) is 0 Å². The molecule has 1 aliphatic heterocycles. The molecule has 0 N–H and O–H groups in total. The van der Waals surface area contributed by atoms with Crippen LogP contribution in [0.3, 0.4) is 0 Å². The molecule has 1 aromatic heterocycles. The van der Waals surface area contributed by atoms with E-state index in [1.807, 2.05) is 27.7 Å². The standard InChI is InChI=1S/C9H8N2O3.2C2H6/c1-4-3-6-7(12)5(2)9(13)14-8(6)11-10-4;2*1-2/h3,5H,1-2H3;2*1-2H3. The van der Waals surface area contributed by atoms with Gasteiger partial charge in [0, 0.05) is 0 Å². The minimum atomic E-state index is -0.744. The van der Waals surface area contributed by atoms with Crippen molar-refractivity contribution in [1.29, 1.82) is 0 Å². The molecule has 0 saturated carbocycles. The lowest BCUT2D eigenvalue weighted by molar-refractivity contribution is -0.137. The van der Waals surface area contributed by atoms with Gasteiger partial charge < -0.3 is 4.74 Å². The number of Topliss-reactive ketones (excluding diaryl/α,β-unsaturated/α-hetero) is 1. The number of hydrogen-bond donors (Lipinski definition) is 0. The van der Waals surface area contributed by atoms with Crippen LogP contribution in [0.4, 0.5) is 0 Å². The van der Waals surface area contributed by atoms with Crippen LogP contribution in [-0.2, 0) is 4.79 Å². The van der Waals surface area contributed by atoms with Gasteiger partial charge in [0.15, 0.2) is 5.78 Å². The van der Waals surface area contributed by atoms with E-state index < -0.39 is 11.9 Å². The van der Waals surface area contributed by atoms with E-state index in [2.05, 4.69) is 10.2 Å². The van der Waals surface area contributed by atoms with Gasteiger partial charge in [-0.1, -0.05) is 27.7 Å². The molecule has 2 heterocycles. The highest BCUT2D eigenvalue weighted by molar-refractivity contribution is 6.12. The Labute approximate surface area is 108 Å². The van der Waals surface area contributed by atoms with Crippen LogP contribution in [0.15, 0.2) is 6.07 Å². The zero-order valence-corrected chi connectivity index (χ0v) is 11.8. The van der Waals surface area contributed by atoms with Crippen LogP contribution in [0, 0.1) is 12.8 Å². The van der Waals surface area contributed by atoms with E-state index in [0.29, 0.717) is 11.3 Å². The summed E-state index contributed by atoms with van der Waals surface area (Å²) in [6, 6.07) is 1.58. The molecule has 0 fully saturated rings. The average molecular weight is 252 g/mol. The number of aromatic nitrogens is 2. The van der Waals surface area contributed by atoms with Gasteiger partial charge >= 0.3 is 5.97 Å². The highest BCUT2D eigenvalue weighted by atomic mass is 16.5. The van der Waals surface area contributed by atoms with E-state index in [4.69, 9.17) is 4.74 Å². The third-order valence-electron chi connectivity index (χ3n) is 2.09. The molecule has 2 rings (SSSR count). The lowest BCUT2D eigenvalue weighted by Gasteiger charge is -2.17. The van der Waals surface area contributed by atoms with Crippen molar-refractivity contribution in [2.75, 3.05) is 0 Å². The van der Waals surface area contributed by atoms with Crippen LogP contribution in [0.5, 0.6) is 5.88 Å². The van der Waals surface area contributed by atoms with Gasteiger partial charge in [0.25, 0.3) is 5.88 Å². The van der Waals surface area contributed by atoms with E-state index in [9.17, 15) is 9.59 Å². The quantitative estimate of drug-likeness (QED) is 0.524. The highest BCUT2D eigenvalue weighted by Crippen LogP contribution is 2.25. The first-order chi connectivity index (χ1) is 8.59. The predicted octanol–water partition coefficient (Wildman–Crippen LogP) is 2.58. The fraction of sp³-hybridized carbons (Fsp3) is 0.538. The second kappa shape index (κ2) is 7.53. The maximum absolute atomic E-state index is 11.6. The van der Waals surface area contributed by atoms with E-state index >= 15 is 0 Å². The fourth-order valence-electron chi connectivity index (χ4n) is 1.25. The van der Waals surface area contributed by atoms with Crippen molar-refractivity contribution in [3.63, 3.8) is 0 Å². The second-order valence-electron chi connectivity index (χ2n) is 3.21. The maximum atomic E-state index is 11.6. The summed E-state index contributed by atoms with van der Waals surface area (Å²) in [6.07, 6.45) is 0. The summed E-state index contributed by atoms with van der Waals surface area (Å²) in [4.78, 5) is 22.8. The number of nitrogens with zero attached hydrogens (tertiary/aromatic N) is 2. The predicted molar refractivity (Wildman–Crippen MR) is 68.6 cm³/mol. The summed E-state index contributed by atoms with van der Waals surface area (Å²) in [5, 5.41) is 7.35. The average Bonchev–Trinajstić information content (AvgIpc) is 2.42. The molecule has 1 unspecified atom stereocenters. The first-order valence-electron chi connectivity index (χ1n) is 6.20. The van der Waals surface area contributed by atoms with E-state index in [1.54, 1.807) is 13.0 Å². The third-order valence-corrected chi connectivity index (χ3v) is 2.09. The van der Waals surface area contributed by atoms with E-state index in [-0.39, 0.29) is 11.7 Å². The molecule has 0 spiro atoms. The molecule has 1 aromatic rings. The Balaban J connectivity index is 0.000000659. The summed E-state index contributed by atoms with van der Waals surface area (Å²) in [5.41, 5.74) is 0.965. The Morgan fingerprint density at radius 2 is 1.67 bits per heavy atom. The number of fused-ring (bicyclic) bond motifs is 1. The van der Waals surface area contributed by atoms with Crippen LogP contribution < -0.4 is 4.74 Å². The molecule has 0 saturated heterocycles. The number of carbonyl (C=O) groups excluding carboxylic acids is 2. The largest absolute Gasteiger partial charge is 0.404 e. The van der Waals surface area contributed by atoms with Gasteiger partial charge in [0.1, 0.15) is 5.92 Å². The molecular weight excluding hydrogens is 232 g/mol. The molecule has 5 heteroatoms. The number of rotatable bonds is 0. The molecule has 1 atom stereocenters. The fourth-order valence-corrected chi connectivity index (χ4v) is 1.25. The number of esters is 1. The summed E-state index contributed by atoms with van der Waals surface area (Å²) >= 11 is 0. The Hall–Kier alpha value is -1.78. The van der Waals surface area contributed by atoms with Gasteiger partial charge in [-0.3, -0.25) is 9.59 Å². The molecule has 0 amide bonds. The summed E-state index contributed by atoms with van der Waals surface area (Å²) in [7, 11) is 0. The third kappa shape index (κ3) is 3.35. The molecule has 100 valence electrons. The van der Waals surface area contributed by atoms with Crippen LogP contribution in [-0.4, -0.2) is 21.9 Å². The Morgan fingerprint density at radius 1 is 1.11 bits per heavy atom. The van der Waals surface area contributed by atoms with Crippen molar-refractivity contribution in [2.24, 2.45) is 5.92 Å². The number of aryl methyl sites for hydroxylation is 1. The van der Waals surface area contributed by atoms with Crippen molar-refractivity contribution in [3.05, 3.63) is 17.3 Å². The minimum Gasteiger partial charge on any atom is -0.404 e. The van der Waals surface area contributed by atoms with Crippen molar-refractivity contribution < 1.29 is 14.3 Å². The van der Waals surface area contributed by atoms with Crippen LogP contribution in [0.25, 0.3) is 0 Å². The van der Waals surface area contributed by atoms with Gasteiger partial charge in [0.2, 0.25) is 0 Å². The van der Waals surface area contributed by atoms with Crippen molar-refractivity contribution in [1.82, 2.24) is 10.2 Å². The smallest absolute Gasteiger partial charge is 0.323 e. The zero-order valence-electron chi connectivity index (χ0n) is 11.8. The molecule has 5 nitrogen and oxygen atoms in total. The molecule has 1 aliphatic rings. The molecule has 0 aliphatic carbocycles.